The summed E-state index contributed by atoms with van der Waals surface area (Å²) in [4.78, 5) is 26.9. The molecule has 0 aliphatic rings. The second kappa shape index (κ2) is 11.0. The molecule has 0 radical (unpaired) electrons. The van der Waals surface area contributed by atoms with Crippen LogP contribution in [-0.4, -0.2) is 35.6 Å². The Kier molecular flexibility index (Phi) is 8.69. The van der Waals surface area contributed by atoms with Crippen LogP contribution in [0.1, 0.15) is 24.5 Å². The van der Waals surface area contributed by atoms with E-state index in [1.807, 2.05) is 61.5 Å². The Morgan fingerprint density at radius 2 is 1.78 bits per heavy atom. The predicted molar refractivity (Wildman–Crippen MR) is 113 cm³/mol. The third kappa shape index (κ3) is 6.29. The number of nitrogens with one attached hydrogen (secondary N) is 1. The van der Waals surface area contributed by atoms with Crippen molar-refractivity contribution in [3.8, 4) is 0 Å². The molecule has 2 aromatic rings. The average molecular weight is 405 g/mol. The van der Waals surface area contributed by atoms with Crippen LogP contribution in [0.3, 0.4) is 0 Å². The molecule has 0 heterocycles. The third-order valence-corrected chi connectivity index (χ3v) is 5.60. The molecule has 0 aliphatic heterocycles. The van der Waals surface area contributed by atoms with Gasteiger partial charge in [-0.2, -0.15) is 0 Å². The van der Waals surface area contributed by atoms with Gasteiger partial charge in [0.1, 0.15) is 6.04 Å². The number of carbonyl (C=O) groups is 2. The van der Waals surface area contributed by atoms with Gasteiger partial charge in [0.15, 0.2) is 0 Å². The Balaban J connectivity index is 2.07. The summed E-state index contributed by atoms with van der Waals surface area (Å²) in [5, 5.41) is 3.37. The monoisotopic (exact) mass is 404 g/mol. The van der Waals surface area contributed by atoms with Gasteiger partial charge in [-0.25, -0.2) is 0 Å². The Labute approximate surface area is 170 Å². The van der Waals surface area contributed by atoms with Crippen molar-refractivity contribution < 1.29 is 9.59 Å². The molecule has 0 saturated carbocycles. The minimum absolute atomic E-state index is 0.0497. The summed E-state index contributed by atoms with van der Waals surface area (Å²) < 4.78 is 0. The van der Waals surface area contributed by atoms with Crippen LogP contribution in [-0.2, 0) is 21.9 Å². The van der Waals surface area contributed by atoms with Crippen LogP contribution in [0.2, 0.25) is 5.02 Å². The zero-order chi connectivity index (χ0) is 19.6. The zero-order valence-corrected chi connectivity index (χ0v) is 17.2. The first-order valence-electron chi connectivity index (χ1n) is 8.93. The fraction of sp³-hybridized carbons (Fsp3) is 0.333. The quantitative estimate of drug-likeness (QED) is 0.683. The topological polar surface area (TPSA) is 49.4 Å². The fourth-order valence-electron chi connectivity index (χ4n) is 2.81. The van der Waals surface area contributed by atoms with E-state index >= 15 is 0 Å². The lowest BCUT2D eigenvalue weighted by Crippen LogP contribution is -2.48. The van der Waals surface area contributed by atoms with Crippen molar-refractivity contribution in [2.75, 3.05) is 12.8 Å². The van der Waals surface area contributed by atoms with Crippen molar-refractivity contribution in [3.63, 3.8) is 0 Å². The minimum atomic E-state index is -0.483. The molecule has 4 nitrogen and oxygen atoms in total. The van der Waals surface area contributed by atoms with Crippen LogP contribution in [0.4, 0.5) is 0 Å². The summed E-state index contributed by atoms with van der Waals surface area (Å²) in [7, 11) is 1.60. The Morgan fingerprint density at radius 3 is 2.41 bits per heavy atom. The van der Waals surface area contributed by atoms with Crippen molar-refractivity contribution in [2.45, 2.75) is 31.7 Å². The lowest BCUT2D eigenvalue weighted by molar-refractivity contribution is -0.139. The van der Waals surface area contributed by atoms with Gasteiger partial charge in [-0.1, -0.05) is 67.1 Å². The second-order valence-corrected chi connectivity index (χ2v) is 7.52. The highest BCUT2D eigenvalue weighted by molar-refractivity contribution is 7.99. The molecular formula is C21H25ClN2O2S. The average Bonchev–Trinajstić information content (AvgIpc) is 2.69. The van der Waals surface area contributed by atoms with Crippen LogP contribution in [0, 0.1) is 0 Å². The summed E-state index contributed by atoms with van der Waals surface area (Å²) in [6.45, 7) is 2.33. The van der Waals surface area contributed by atoms with Crippen LogP contribution in [0.25, 0.3) is 0 Å². The van der Waals surface area contributed by atoms with Gasteiger partial charge in [-0.3, -0.25) is 9.59 Å². The lowest BCUT2D eigenvalue weighted by atomic mass is 10.1. The van der Waals surface area contributed by atoms with Gasteiger partial charge in [0.05, 0.1) is 5.75 Å². The molecule has 144 valence electrons. The lowest BCUT2D eigenvalue weighted by Gasteiger charge is -2.30. The van der Waals surface area contributed by atoms with Crippen molar-refractivity contribution in [1.29, 1.82) is 0 Å². The number of halogens is 1. The molecule has 1 N–H and O–H groups in total. The van der Waals surface area contributed by atoms with Crippen LogP contribution >= 0.6 is 23.4 Å². The molecule has 2 amide bonds. The van der Waals surface area contributed by atoms with E-state index in [2.05, 4.69) is 5.32 Å². The van der Waals surface area contributed by atoms with Crippen LogP contribution < -0.4 is 5.32 Å². The molecule has 2 rings (SSSR count). The molecule has 6 heteroatoms. The predicted octanol–water partition coefficient (Wildman–Crippen LogP) is 4.13. The van der Waals surface area contributed by atoms with Crippen molar-refractivity contribution in [2.24, 2.45) is 0 Å². The zero-order valence-electron chi connectivity index (χ0n) is 15.7. The van der Waals surface area contributed by atoms with E-state index in [1.54, 1.807) is 11.9 Å². The molecular weight excluding hydrogens is 380 g/mol. The summed E-state index contributed by atoms with van der Waals surface area (Å²) >= 11 is 7.69. The van der Waals surface area contributed by atoms with Gasteiger partial charge in [-0.05, 0) is 23.6 Å². The number of hydrogen-bond donors (Lipinski definition) is 1. The number of rotatable bonds is 9. The van der Waals surface area contributed by atoms with Gasteiger partial charge >= 0.3 is 0 Å². The molecule has 2 aromatic carbocycles. The molecule has 0 fully saturated rings. The Morgan fingerprint density at radius 1 is 1.11 bits per heavy atom. The highest BCUT2D eigenvalue weighted by Gasteiger charge is 2.27. The minimum Gasteiger partial charge on any atom is -0.357 e. The standard InChI is InChI=1S/C21H25ClN2O2S/c1-3-19(21(26)23-2)24(13-16-9-5-4-6-10-16)20(25)15-27-14-17-11-7-8-12-18(17)22/h4-12,19H,3,13-15H2,1-2H3,(H,23,26). The van der Waals surface area contributed by atoms with E-state index in [4.69, 9.17) is 11.6 Å². The number of nitrogens with zero attached hydrogens (tertiary/aromatic N) is 1. The van der Waals surface area contributed by atoms with Crippen LogP contribution in [0.5, 0.6) is 0 Å². The first-order valence-corrected chi connectivity index (χ1v) is 10.5. The number of likely N-dealkylation sites (N-methyl/N-ethyl adjacent to an activating group) is 1. The van der Waals surface area contributed by atoms with E-state index in [-0.39, 0.29) is 11.8 Å². The normalized spacial score (nSPS) is 11.7. The van der Waals surface area contributed by atoms with E-state index in [9.17, 15) is 9.59 Å². The summed E-state index contributed by atoms with van der Waals surface area (Å²) in [6, 6.07) is 16.9. The van der Waals surface area contributed by atoms with E-state index in [0.29, 0.717) is 29.5 Å². The molecule has 0 aliphatic carbocycles. The highest BCUT2D eigenvalue weighted by Crippen LogP contribution is 2.22. The van der Waals surface area contributed by atoms with Crippen molar-refractivity contribution in [1.82, 2.24) is 10.2 Å². The third-order valence-electron chi connectivity index (χ3n) is 4.27. The van der Waals surface area contributed by atoms with Crippen LogP contribution in [0.15, 0.2) is 54.6 Å². The maximum Gasteiger partial charge on any atom is 0.242 e. The molecule has 0 saturated heterocycles. The molecule has 1 atom stereocenters. The van der Waals surface area contributed by atoms with E-state index in [0.717, 1.165) is 11.1 Å². The van der Waals surface area contributed by atoms with Crippen molar-refractivity contribution in [3.05, 3.63) is 70.7 Å². The highest BCUT2D eigenvalue weighted by atomic mass is 35.5. The number of thioether (sulfide) groups is 1. The maximum atomic E-state index is 12.9. The van der Waals surface area contributed by atoms with Gasteiger partial charge < -0.3 is 10.2 Å². The Hall–Kier alpha value is -1.98. The van der Waals surface area contributed by atoms with E-state index < -0.39 is 6.04 Å². The summed E-state index contributed by atoms with van der Waals surface area (Å²) in [6.07, 6.45) is 0.563. The smallest absolute Gasteiger partial charge is 0.242 e. The molecule has 0 bridgehead atoms. The summed E-state index contributed by atoms with van der Waals surface area (Å²) in [5.74, 6) is 0.761. The van der Waals surface area contributed by atoms with E-state index in [1.165, 1.54) is 11.8 Å². The first-order chi connectivity index (χ1) is 13.1. The van der Waals surface area contributed by atoms with Gasteiger partial charge in [-0.15, -0.1) is 11.8 Å². The van der Waals surface area contributed by atoms with Gasteiger partial charge in [0.2, 0.25) is 11.8 Å². The largest absolute Gasteiger partial charge is 0.357 e. The maximum absolute atomic E-state index is 12.9. The molecule has 1 unspecified atom stereocenters. The number of carbonyl (C=O) groups excluding carboxylic acids is 2. The van der Waals surface area contributed by atoms with Gasteiger partial charge in [0.25, 0.3) is 0 Å². The molecule has 0 spiro atoms. The number of hydrogen-bond acceptors (Lipinski definition) is 3. The summed E-state index contributed by atoms with van der Waals surface area (Å²) in [5.41, 5.74) is 2.01. The SMILES string of the molecule is CCC(C(=O)NC)N(Cc1ccccc1)C(=O)CSCc1ccccc1Cl. The first kappa shape index (κ1) is 21.3. The van der Waals surface area contributed by atoms with Gasteiger partial charge in [0, 0.05) is 24.4 Å². The van der Waals surface area contributed by atoms with Crippen molar-refractivity contribution >= 4 is 35.2 Å². The molecule has 27 heavy (non-hydrogen) atoms. The number of benzene rings is 2. The number of amides is 2. The molecule has 0 aromatic heterocycles. The Bertz CT molecular complexity index is 755. The fourth-order valence-corrected chi connectivity index (χ4v) is 4.01. The second-order valence-electron chi connectivity index (χ2n) is 6.13.